The van der Waals surface area contributed by atoms with E-state index in [4.69, 9.17) is 32.7 Å². The van der Waals surface area contributed by atoms with Gasteiger partial charge in [-0.15, -0.1) is 0 Å². The fourth-order valence-corrected chi connectivity index (χ4v) is 2.91. The highest BCUT2D eigenvalue weighted by Crippen LogP contribution is 2.32. The largest absolute Gasteiger partial charge is 0.486 e. The Morgan fingerprint density at radius 1 is 1.04 bits per heavy atom. The molecule has 1 atom stereocenters. The first-order valence-corrected chi connectivity index (χ1v) is 9.37. The number of amides is 3. The van der Waals surface area contributed by atoms with Crippen molar-refractivity contribution in [2.75, 3.05) is 25.1 Å². The molecule has 0 fully saturated rings. The van der Waals surface area contributed by atoms with Gasteiger partial charge in [-0.25, -0.2) is 4.79 Å². The number of carbonyl (C=O) groups excluding carboxylic acids is 2. The van der Waals surface area contributed by atoms with Crippen molar-refractivity contribution < 1.29 is 19.1 Å². The van der Waals surface area contributed by atoms with Crippen LogP contribution in [0.5, 0.6) is 11.5 Å². The first-order valence-electron chi connectivity index (χ1n) is 8.61. The van der Waals surface area contributed by atoms with E-state index in [1.165, 1.54) is 0 Å². The zero-order chi connectivity index (χ0) is 20.1. The van der Waals surface area contributed by atoms with Crippen molar-refractivity contribution in [1.29, 1.82) is 0 Å². The van der Waals surface area contributed by atoms with Crippen LogP contribution in [0.25, 0.3) is 0 Å². The van der Waals surface area contributed by atoms with Crippen molar-refractivity contribution in [3.63, 3.8) is 0 Å². The smallest absolute Gasteiger partial charge is 0.325 e. The minimum absolute atomic E-state index is 0.0457. The number of carbonyl (C=O) groups is 2. The van der Waals surface area contributed by atoms with Crippen molar-refractivity contribution in [2.45, 2.75) is 13.0 Å². The normalized spacial score (nSPS) is 13.5. The molecule has 148 valence electrons. The molecule has 9 heteroatoms. The predicted molar refractivity (Wildman–Crippen MR) is 107 cm³/mol. The Morgan fingerprint density at radius 2 is 1.79 bits per heavy atom. The SMILES string of the molecule is C[C@@H](NCC(=O)NC(=O)Nc1ccc2c(c1)OCCO2)c1ccc(Cl)c(Cl)c1. The van der Waals surface area contributed by atoms with E-state index in [2.05, 4.69) is 16.0 Å². The van der Waals surface area contributed by atoms with Gasteiger partial charge in [0.2, 0.25) is 5.91 Å². The van der Waals surface area contributed by atoms with Crippen molar-refractivity contribution in [2.24, 2.45) is 0 Å². The quantitative estimate of drug-likeness (QED) is 0.680. The second-order valence-electron chi connectivity index (χ2n) is 6.14. The Balaban J connectivity index is 1.47. The number of hydrogen-bond acceptors (Lipinski definition) is 5. The summed E-state index contributed by atoms with van der Waals surface area (Å²) in [6, 6.07) is 9.47. The van der Waals surface area contributed by atoms with E-state index in [0.717, 1.165) is 5.56 Å². The molecule has 1 aliphatic heterocycles. The van der Waals surface area contributed by atoms with Crippen molar-refractivity contribution in [1.82, 2.24) is 10.6 Å². The van der Waals surface area contributed by atoms with Gasteiger partial charge in [0, 0.05) is 17.8 Å². The molecule has 1 heterocycles. The van der Waals surface area contributed by atoms with E-state index < -0.39 is 11.9 Å². The van der Waals surface area contributed by atoms with Crippen molar-refractivity contribution >= 4 is 40.8 Å². The van der Waals surface area contributed by atoms with Gasteiger partial charge in [-0.05, 0) is 36.8 Å². The average Bonchev–Trinajstić information content (AvgIpc) is 2.68. The van der Waals surface area contributed by atoms with Gasteiger partial charge in [-0.3, -0.25) is 10.1 Å². The molecule has 0 aliphatic carbocycles. The van der Waals surface area contributed by atoms with E-state index in [-0.39, 0.29) is 12.6 Å². The van der Waals surface area contributed by atoms with Gasteiger partial charge in [0.25, 0.3) is 0 Å². The fourth-order valence-electron chi connectivity index (χ4n) is 2.60. The molecule has 0 radical (unpaired) electrons. The number of hydrogen-bond donors (Lipinski definition) is 3. The number of imide groups is 1. The number of halogens is 2. The molecule has 2 aromatic carbocycles. The van der Waals surface area contributed by atoms with Gasteiger partial charge in [0.15, 0.2) is 11.5 Å². The monoisotopic (exact) mass is 423 g/mol. The lowest BCUT2D eigenvalue weighted by atomic mass is 10.1. The summed E-state index contributed by atoms with van der Waals surface area (Å²) in [5.41, 5.74) is 1.37. The highest BCUT2D eigenvalue weighted by molar-refractivity contribution is 6.42. The highest BCUT2D eigenvalue weighted by Gasteiger charge is 2.14. The summed E-state index contributed by atoms with van der Waals surface area (Å²) >= 11 is 11.9. The van der Waals surface area contributed by atoms with Crippen LogP contribution in [0.15, 0.2) is 36.4 Å². The molecule has 1 aliphatic rings. The van der Waals surface area contributed by atoms with Gasteiger partial charge in [-0.1, -0.05) is 29.3 Å². The molecule has 0 aromatic heterocycles. The zero-order valence-electron chi connectivity index (χ0n) is 15.1. The van der Waals surface area contributed by atoms with Crippen LogP contribution in [-0.4, -0.2) is 31.7 Å². The average molecular weight is 424 g/mol. The Hall–Kier alpha value is -2.48. The first-order chi connectivity index (χ1) is 13.4. The minimum Gasteiger partial charge on any atom is -0.486 e. The summed E-state index contributed by atoms with van der Waals surface area (Å²) in [5.74, 6) is 0.697. The second-order valence-corrected chi connectivity index (χ2v) is 6.95. The molecule has 0 bridgehead atoms. The lowest BCUT2D eigenvalue weighted by molar-refractivity contribution is -0.119. The number of rotatable bonds is 5. The standard InChI is InChI=1S/C19H19Cl2N3O4/c1-11(12-2-4-14(20)15(21)8-12)22-10-18(25)24-19(26)23-13-3-5-16-17(9-13)28-7-6-27-16/h2-5,8-9,11,22H,6-7,10H2,1H3,(H2,23,24,25,26)/t11-/m1/s1. The van der Waals surface area contributed by atoms with Crippen molar-refractivity contribution in [3.8, 4) is 11.5 Å². The summed E-state index contributed by atoms with van der Waals surface area (Å²) in [4.78, 5) is 24.0. The second kappa shape index (κ2) is 9.14. The Bertz CT molecular complexity index is 891. The van der Waals surface area contributed by atoms with Crippen LogP contribution < -0.4 is 25.4 Å². The molecule has 0 spiro atoms. The van der Waals surface area contributed by atoms with Crippen LogP contribution >= 0.6 is 23.2 Å². The maximum Gasteiger partial charge on any atom is 0.325 e. The van der Waals surface area contributed by atoms with Gasteiger partial charge < -0.3 is 20.1 Å². The van der Waals surface area contributed by atoms with Crippen LogP contribution in [0, 0.1) is 0 Å². The Labute approximate surface area is 172 Å². The van der Waals surface area contributed by atoms with E-state index >= 15 is 0 Å². The van der Waals surface area contributed by atoms with E-state index in [9.17, 15) is 9.59 Å². The number of ether oxygens (including phenoxy) is 2. The molecule has 0 unspecified atom stereocenters. The molecule has 7 nitrogen and oxygen atoms in total. The van der Waals surface area contributed by atoms with Gasteiger partial charge in [-0.2, -0.15) is 0 Å². The number of urea groups is 1. The van der Waals surface area contributed by atoms with E-state index in [0.29, 0.717) is 40.4 Å². The maximum absolute atomic E-state index is 12.0. The Morgan fingerprint density at radius 3 is 2.54 bits per heavy atom. The summed E-state index contributed by atoms with van der Waals surface area (Å²) in [7, 11) is 0. The highest BCUT2D eigenvalue weighted by atomic mass is 35.5. The van der Waals surface area contributed by atoms with Crippen LogP contribution in [0.3, 0.4) is 0 Å². The van der Waals surface area contributed by atoms with Gasteiger partial charge in [0.1, 0.15) is 13.2 Å². The number of nitrogens with one attached hydrogen (secondary N) is 3. The maximum atomic E-state index is 12.0. The fraction of sp³-hybridized carbons (Fsp3) is 0.263. The Kier molecular flexibility index (Phi) is 6.61. The molecule has 28 heavy (non-hydrogen) atoms. The molecule has 3 rings (SSSR count). The summed E-state index contributed by atoms with van der Waals surface area (Å²) in [6.07, 6.45) is 0. The van der Waals surface area contributed by atoms with Gasteiger partial charge >= 0.3 is 6.03 Å². The molecule has 0 saturated carbocycles. The molecular formula is C19H19Cl2N3O4. The summed E-state index contributed by atoms with van der Waals surface area (Å²) in [6.45, 7) is 2.77. The third-order valence-corrected chi connectivity index (χ3v) is 4.80. The number of anilines is 1. The zero-order valence-corrected chi connectivity index (χ0v) is 16.6. The molecule has 3 N–H and O–H groups in total. The van der Waals surface area contributed by atoms with Crippen LogP contribution in [0.4, 0.5) is 10.5 Å². The van der Waals surface area contributed by atoms with Crippen LogP contribution in [0.1, 0.15) is 18.5 Å². The number of benzene rings is 2. The molecule has 2 aromatic rings. The lowest BCUT2D eigenvalue weighted by Gasteiger charge is -2.19. The van der Waals surface area contributed by atoms with Crippen molar-refractivity contribution in [3.05, 3.63) is 52.0 Å². The topological polar surface area (TPSA) is 88.7 Å². The van der Waals surface area contributed by atoms with E-state index in [1.54, 1.807) is 30.3 Å². The molecular weight excluding hydrogens is 405 g/mol. The summed E-state index contributed by atoms with van der Waals surface area (Å²) in [5, 5.41) is 8.78. The lowest BCUT2D eigenvalue weighted by Crippen LogP contribution is -2.40. The summed E-state index contributed by atoms with van der Waals surface area (Å²) < 4.78 is 10.9. The minimum atomic E-state index is -0.634. The third-order valence-electron chi connectivity index (χ3n) is 4.07. The van der Waals surface area contributed by atoms with Crippen LogP contribution in [-0.2, 0) is 4.79 Å². The third kappa shape index (κ3) is 5.28. The first kappa shape index (κ1) is 20.3. The van der Waals surface area contributed by atoms with E-state index in [1.807, 2.05) is 13.0 Å². The van der Waals surface area contributed by atoms with Gasteiger partial charge in [0.05, 0.1) is 16.6 Å². The molecule has 3 amide bonds. The molecule has 0 saturated heterocycles. The predicted octanol–water partition coefficient (Wildman–Crippen LogP) is 3.76. The van der Waals surface area contributed by atoms with Crippen LogP contribution in [0.2, 0.25) is 10.0 Å². The number of fused-ring (bicyclic) bond motifs is 1.